The van der Waals surface area contributed by atoms with Crippen LogP contribution in [0.1, 0.15) is 103 Å². The number of ketones is 1. The summed E-state index contributed by atoms with van der Waals surface area (Å²) in [6, 6.07) is 5.11. The molecule has 4 atom stereocenters. The molecule has 1 saturated heterocycles. The van der Waals surface area contributed by atoms with E-state index in [1.165, 1.54) is 16.0 Å². The second kappa shape index (κ2) is 14.0. The average molecular weight is 679 g/mol. The van der Waals surface area contributed by atoms with Crippen molar-refractivity contribution in [3.8, 4) is 0 Å². The van der Waals surface area contributed by atoms with E-state index in [-0.39, 0.29) is 31.5 Å². The van der Waals surface area contributed by atoms with Gasteiger partial charge in [0.1, 0.15) is 24.0 Å². The Morgan fingerprint density at radius 3 is 2.31 bits per heavy atom. The Bertz CT molecular complexity index is 1470. The molecule has 1 spiro atoms. The highest BCUT2D eigenvalue weighted by Gasteiger charge is 2.56. The Labute approximate surface area is 287 Å². The fourth-order valence-corrected chi connectivity index (χ4v) is 7.39. The molecule has 13 nitrogen and oxygen atoms in total. The van der Waals surface area contributed by atoms with E-state index in [0.29, 0.717) is 25.9 Å². The highest BCUT2D eigenvalue weighted by atomic mass is 16.7. The number of oxime groups is 1. The molecule has 3 fully saturated rings. The number of nitrogens with zero attached hydrogens (tertiary/aromatic N) is 3. The van der Waals surface area contributed by atoms with Gasteiger partial charge in [0.2, 0.25) is 17.6 Å². The third kappa shape index (κ3) is 7.86. The van der Waals surface area contributed by atoms with Gasteiger partial charge in [0, 0.05) is 25.6 Å². The van der Waals surface area contributed by atoms with Crippen LogP contribution in [-0.2, 0) is 41.8 Å². The first-order valence-corrected chi connectivity index (χ1v) is 17.9. The summed E-state index contributed by atoms with van der Waals surface area (Å²) in [5.41, 5.74) is 0.714. The van der Waals surface area contributed by atoms with E-state index in [1.807, 2.05) is 39.8 Å². The summed E-state index contributed by atoms with van der Waals surface area (Å²) in [7, 11) is 0. The van der Waals surface area contributed by atoms with Gasteiger partial charge in [-0.05, 0) is 61.5 Å². The van der Waals surface area contributed by atoms with Crippen molar-refractivity contribution in [3.63, 3.8) is 0 Å². The smallest absolute Gasteiger partial charge is 0.408 e. The van der Waals surface area contributed by atoms with E-state index in [9.17, 15) is 24.0 Å². The largest absolute Gasteiger partial charge is 0.446 e. The number of ether oxygens (including phenoxy) is 1. The first kappa shape index (κ1) is 34.7. The van der Waals surface area contributed by atoms with Crippen molar-refractivity contribution < 1.29 is 33.5 Å². The SMILES string of the molecule is CCC[C@H](NC(=O)[C@@H]1C[C@]2(CC(N3Cc4ccccc4C3)=NO2)CN1C(=O)[C@@H](NC(=O)OC1CCCC1)C(C)(C)C)C(=O)C(=O)NC1CC1. The second-order valence-corrected chi connectivity index (χ2v) is 15.5. The lowest BCUT2D eigenvalue weighted by Crippen LogP contribution is -2.59. The molecule has 5 aliphatic rings. The van der Waals surface area contributed by atoms with Crippen LogP contribution >= 0.6 is 0 Å². The maximum Gasteiger partial charge on any atom is 0.408 e. The Kier molecular flexibility index (Phi) is 9.90. The summed E-state index contributed by atoms with van der Waals surface area (Å²) in [4.78, 5) is 77.3. The number of amidine groups is 1. The molecule has 0 unspecified atom stereocenters. The van der Waals surface area contributed by atoms with E-state index in [1.54, 1.807) is 0 Å². The molecule has 0 bridgehead atoms. The molecule has 0 radical (unpaired) electrons. The lowest BCUT2D eigenvalue weighted by Gasteiger charge is -2.35. The number of carbonyl (C=O) groups excluding carboxylic acids is 5. The van der Waals surface area contributed by atoms with Gasteiger partial charge in [-0.3, -0.25) is 19.2 Å². The highest BCUT2D eigenvalue weighted by Crippen LogP contribution is 2.40. The summed E-state index contributed by atoms with van der Waals surface area (Å²) in [5.74, 6) is -1.68. The van der Waals surface area contributed by atoms with Crippen LogP contribution in [0.4, 0.5) is 4.79 Å². The molecule has 1 aromatic carbocycles. The second-order valence-electron chi connectivity index (χ2n) is 15.5. The summed E-state index contributed by atoms with van der Waals surface area (Å²) in [6.45, 7) is 8.83. The van der Waals surface area contributed by atoms with Crippen molar-refractivity contribution in [1.82, 2.24) is 25.8 Å². The van der Waals surface area contributed by atoms with Crippen molar-refractivity contribution in [3.05, 3.63) is 35.4 Å². The minimum atomic E-state index is -1.04. The zero-order valence-corrected chi connectivity index (χ0v) is 29.1. The normalized spacial score (nSPS) is 24.6. The van der Waals surface area contributed by atoms with Gasteiger partial charge < -0.3 is 35.3 Å². The molecule has 266 valence electrons. The molecule has 3 aliphatic heterocycles. The zero-order valence-electron chi connectivity index (χ0n) is 29.1. The predicted octanol–water partition coefficient (Wildman–Crippen LogP) is 3.29. The molecule has 4 amide bonds. The van der Waals surface area contributed by atoms with Crippen LogP contribution < -0.4 is 16.0 Å². The first-order chi connectivity index (χ1) is 23.4. The molecule has 2 saturated carbocycles. The molecular weight excluding hydrogens is 628 g/mol. The van der Waals surface area contributed by atoms with E-state index >= 15 is 0 Å². The lowest BCUT2D eigenvalue weighted by molar-refractivity contribution is -0.144. The standard InChI is InChI=1S/C36H50N6O7/c1-5-10-26(29(43)32(45)37-24-15-16-24)38-31(44)27-17-36(18-28(40-49-36)41-19-22-11-6-7-12-23(22)20-41)21-42(27)33(46)30(35(2,3)4)39-34(47)48-25-13-8-9-14-25/h6-7,11-12,24-27,30H,5,8-10,13-21H2,1-4H3,(H,37,45)(H,38,44)(H,39,47)/t26-,27-,30+,36-/m0/s1. The molecule has 3 heterocycles. The molecule has 0 aromatic heterocycles. The number of Topliss-reactive ketones (excluding diaryl/α,β-unsaturated/α-hetero) is 1. The van der Waals surface area contributed by atoms with Gasteiger partial charge in [-0.25, -0.2) is 4.79 Å². The Morgan fingerprint density at radius 2 is 1.69 bits per heavy atom. The van der Waals surface area contributed by atoms with Crippen LogP contribution in [0.25, 0.3) is 0 Å². The van der Waals surface area contributed by atoms with Crippen molar-refractivity contribution in [2.24, 2.45) is 10.6 Å². The number of alkyl carbamates (subject to hydrolysis) is 1. The average Bonchev–Trinajstić information content (AvgIpc) is 3.46. The number of hydrogen-bond acceptors (Lipinski definition) is 9. The van der Waals surface area contributed by atoms with Gasteiger partial charge in [-0.15, -0.1) is 0 Å². The number of nitrogens with one attached hydrogen (secondary N) is 3. The summed E-state index contributed by atoms with van der Waals surface area (Å²) >= 11 is 0. The van der Waals surface area contributed by atoms with Gasteiger partial charge in [0.15, 0.2) is 5.60 Å². The predicted molar refractivity (Wildman–Crippen MR) is 180 cm³/mol. The summed E-state index contributed by atoms with van der Waals surface area (Å²) in [5, 5.41) is 12.8. The molecule has 1 aromatic rings. The number of amides is 4. The molecule has 6 rings (SSSR count). The van der Waals surface area contributed by atoms with Crippen molar-refractivity contribution in [1.29, 1.82) is 0 Å². The van der Waals surface area contributed by atoms with Crippen LogP contribution in [0.3, 0.4) is 0 Å². The van der Waals surface area contributed by atoms with E-state index in [0.717, 1.165) is 44.4 Å². The first-order valence-electron chi connectivity index (χ1n) is 17.9. The fraction of sp³-hybridized carbons (Fsp3) is 0.667. The van der Waals surface area contributed by atoms with Crippen LogP contribution in [0.15, 0.2) is 29.4 Å². The third-order valence-electron chi connectivity index (χ3n) is 10.3. The number of hydrogen-bond donors (Lipinski definition) is 3. The zero-order chi connectivity index (χ0) is 34.9. The van der Waals surface area contributed by atoms with Crippen molar-refractivity contribution >= 4 is 35.4 Å². The number of likely N-dealkylation sites (tertiary alicyclic amines) is 1. The van der Waals surface area contributed by atoms with Gasteiger partial charge >= 0.3 is 6.09 Å². The minimum Gasteiger partial charge on any atom is -0.446 e. The Hall–Kier alpha value is -4.16. The van der Waals surface area contributed by atoms with E-state index < -0.39 is 58.7 Å². The van der Waals surface area contributed by atoms with Crippen LogP contribution in [-0.4, -0.2) is 87.7 Å². The molecule has 49 heavy (non-hydrogen) atoms. The Morgan fingerprint density at radius 1 is 1.02 bits per heavy atom. The van der Waals surface area contributed by atoms with Crippen LogP contribution in [0.2, 0.25) is 0 Å². The number of benzene rings is 1. The van der Waals surface area contributed by atoms with Gasteiger partial charge in [0.05, 0.1) is 19.0 Å². The molecule has 13 heteroatoms. The van der Waals surface area contributed by atoms with Gasteiger partial charge in [-0.2, -0.15) is 0 Å². The minimum absolute atomic E-state index is 0.00321. The topological polar surface area (TPSA) is 159 Å². The molecule has 3 N–H and O–H groups in total. The maximum atomic E-state index is 14.5. The molecular formula is C36H50N6O7. The van der Waals surface area contributed by atoms with Crippen molar-refractivity contribution in [2.45, 2.75) is 141 Å². The maximum absolute atomic E-state index is 14.5. The third-order valence-corrected chi connectivity index (χ3v) is 10.3. The van der Waals surface area contributed by atoms with E-state index in [4.69, 9.17) is 9.57 Å². The quantitative estimate of drug-likeness (QED) is 0.318. The van der Waals surface area contributed by atoms with Crippen LogP contribution in [0.5, 0.6) is 0 Å². The molecule has 2 aliphatic carbocycles. The monoisotopic (exact) mass is 678 g/mol. The number of rotatable bonds is 10. The van der Waals surface area contributed by atoms with Crippen molar-refractivity contribution in [2.75, 3.05) is 6.54 Å². The van der Waals surface area contributed by atoms with Gasteiger partial charge in [0.25, 0.3) is 5.91 Å². The Balaban J connectivity index is 1.22. The fourth-order valence-electron chi connectivity index (χ4n) is 7.39. The number of carbonyl (C=O) groups is 5. The highest BCUT2D eigenvalue weighted by molar-refractivity contribution is 6.38. The summed E-state index contributed by atoms with van der Waals surface area (Å²) < 4.78 is 5.65. The lowest BCUT2D eigenvalue weighted by atomic mass is 9.85. The van der Waals surface area contributed by atoms with Gasteiger partial charge in [-0.1, -0.05) is 63.5 Å². The number of fused-ring (bicyclic) bond motifs is 1. The van der Waals surface area contributed by atoms with E-state index in [2.05, 4.69) is 38.1 Å². The summed E-state index contributed by atoms with van der Waals surface area (Å²) in [6.07, 6.45) is 5.70. The van der Waals surface area contributed by atoms with Crippen LogP contribution in [0, 0.1) is 5.41 Å².